The number of rotatable bonds is 3. The number of carbonyl (C=O) groups is 2. The highest BCUT2D eigenvalue weighted by Crippen LogP contribution is 2.49. The van der Waals surface area contributed by atoms with Crippen LogP contribution >= 0.6 is 0 Å². The first kappa shape index (κ1) is 18.3. The highest BCUT2D eigenvalue weighted by Gasteiger charge is 2.56. The van der Waals surface area contributed by atoms with E-state index in [0.29, 0.717) is 24.3 Å². The first-order valence-electron chi connectivity index (χ1n) is 10.3. The zero-order chi connectivity index (χ0) is 20.3. The molecule has 0 unspecified atom stereocenters. The number of likely N-dealkylation sites (tertiary alicyclic amines) is 1. The Morgan fingerprint density at radius 1 is 1.28 bits per heavy atom. The molecule has 2 atom stereocenters. The van der Waals surface area contributed by atoms with E-state index in [-0.39, 0.29) is 24.2 Å². The van der Waals surface area contributed by atoms with Crippen LogP contribution in [0.15, 0.2) is 18.2 Å². The summed E-state index contributed by atoms with van der Waals surface area (Å²) in [6.07, 6.45) is 4.77. The summed E-state index contributed by atoms with van der Waals surface area (Å²) in [4.78, 5) is 27.0. The van der Waals surface area contributed by atoms with E-state index in [1.807, 2.05) is 13.0 Å². The summed E-state index contributed by atoms with van der Waals surface area (Å²) in [5.41, 5.74) is 2.50. The van der Waals surface area contributed by atoms with Gasteiger partial charge in [-0.15, -0.1) is 0 Å². The molecule has 2 fully saturated rings. The molecule has 2 aromatic rings. The van der Waals surface area contributed by atoms with Gasteiger partial charge in [0, 0.05) is 24.3 Å². The van der Waals surface area contributed by atoms with Gasteiger partial charge in [0.25, 0.3) is 5.91 Å². The Morgan fingerprint density at radius 2 is 2.10 bits per heavy atom. The zero-order valence-corrected chi connectivity index (χ0v) is 16.4. The minimum atomic E-state index is -0.815. The molecule has 1 aliphatic heterocycles. The number of carbonyl (C=O) groups excluding carboxylic acids is 1. The lowest BCUT2D eigenvalue weighted by atomic mass is 9.81. The Labute approximate surface area is 168 Å². The number of carboxylic acids is 1. The number of carboxylic acid groups (broad SMARTS) is 1. The van der Waals surface area contributed by atoms with Crippen molar-refractivity contribution in [2.75, 3.05) is 13.1 Å². The van der Waals surface area contributed by atoms with Gasteiger partial charge in [0.05, 0.1) is 5.41 Å². The molecular weight excluding hydrogens is 373 g/mol. The molecule has 152 valence electrons. The van der Waals surface area contributed by atoms with Crippen molar-refractivity contribution in [3.8, 4) is 5.69 Å². The molecule has 0 radical (unpaired) electrons. The van der Waals surface area contributed by atoms with Gasteiger partial charge in [-0.2, -0.15) is 5.10 Å². The SMILES string of the molecule is Cc1ccc(-n2nc(C(=O)N3C[C@@H]4CCC[C@@]4(C(=O)O)C3)c3c2CCC3)c(F)c1. The Bertz CT molecular complexity index is 1030. The van der Waals surface area contributed by atoms with Crippen LogP contribution in [-0.2, 0) is 17.6 Å². The van der Waals surface area contributed by atoms with Crippen LogP contribution in [0.25, 0.3) is 5.69 Å². The molecule has 2 aliphatic carbocycles. The van der Waals surface area contributed by atoms with Gasteiger partial charge in [-0.25, -0.2) is 9.07 Å². The Kier molecular flexibility index (Phi) is 4.05. The van der Waals surface area contributed by atoms with Crippen LogP contribution in [0.4, 0.5) is 4.39 Å². The molecule has 1 amide bonds. The summed E-state index contributed by atoms with van der Waals surface area (Å²) < 4.78 is 16.2. The predicted molar refractivity (Wildman–Crippen MR) is 104 cm³/mol. The number of fused-ring (bicyclic) bond motifs is 2. The lowest BCUT2D eigenvalue weighted by molar-refractivity contribution is -0.149. The van der Waals surface area contributed by atoms with Crippen molar-refractivity contribution >= 4 is 11.9 Å². The van der Waals surface area contributed by atoms with Crippen molar-refractivity contribution in [1.82, 2.24) is 14.7 Å². The van der Waals surface area contributed by atoms with Gasteiger partial charge < -0.3 is 10.0 Å². The molecule has 2 heterocycles. The normalized spacial score (nSPS) is 25.3. The van der Waals surface area contributed by atoms with Crippen LogP contribution in [0, 0.1) is 24.1 Å². The average molecular weight is 397 g/mol. The first-order valence-corrected chi connectivity index (χ1v) is 10.3. The molecule has 0 bridgehead atoms. The van der Waals surface area contributed by atoms with Crippen LogP contribution in [0.5, 0.6) is 0 Å². The van der Waals surface area contributed by atoms with Crippen molar-refractivity contribution in [2.24, 2.45) is 11.3 Å². The maximum Gasteiger partial charge on any atom is 0.311 e. The molecule has 6 nitrogen and oxygen atoms in total. The van der Waals surface area contributed by atoms with Gasteiger partial charge in [0.1, 0.15) is 11.5 Å². The second-order valence-electron chi connectivity index (χ2n) is 8.73. The fraction of sp³-hybridized carbons (Fsp3) is 0.500. The lowest BCUT2D eigenvalue weighted by Gasteiger charge is -2.23. The number of aliphatic carboxylic acids is 1. The number of hydrogen-bond acceptors (Lipinski definition) is 3. The Balaban J connectivity index is 1.51. The average Bonchev–Trinajstić information content (AvgIpc) is 3.41. The maximum atomic E-state index is 14.6. The van der Waals surface area contributed by atoms with E-state index in [1.165, 1.54) is 6.07 Å². The number of nitrogens with zero attached hydrogens (tertiary/aromatic N) is 3. The number of aryl methyl sites for hydroxylation is 1. The third kappa shape index (κ3) is 2.63. The van der Waals surface area contributed by atoms with Crippen molar-refractivity contribution < 1.29 is 19.1 Å². The second-order valence-corrected chi connectivity index (χ2v) is 8.73. The van der Waals surface area contributed by atoms with Gasteiger partial charge in [0.2, 0.25) is 0 Å². The van der Waals surface area contributed by atoms with E-state index in [2.05, 4.69) is 5.10 Å². The maximum absolute atomic E-state index is 14.6. The van der Waals surface area contributed by atoms with E-state index in [4.69, 9.17) is 0 Å². The minimum Gasteiger partial charge on any atom is -0.481 e. The van der Waals surface area contributed by atoms with Crippen molar-refractivity contribution in [3.05, 3.63) is 46.5 Å². The third-order valence-electron chi connectivity index (χ3n) is 7.05. The number of aromatic nitrogens is 2. The minimum absolute atomic E-state index is 0.00799. The summed E-state index contributed by atoms with van der Waals surface area (Å²) in [7, 11) is 0. The summed E-state index contributed by atoms with van der Waals surface area (Å²) in [5.74, 6) is -1.37. The van der Waals surface area contributed by atoms with Crippen LogP contribution in [-0.4, -0.2) is 44.8 Å². The monoisotopic (exact) mass is 397 g/mol. The van der Waals surface area contributed by atoms with E-state index >= 15 is 0 Å². The van der Waals surface area contributed by atoms with E-state index in [0.717, 1.165) is 48.9 Å². The molecule has 3 aliphatic rings. The molecular formula is C22H24FN3O3. The van der Waals surface area contributed by atoms with E-state index in [1.54, 1.807) is 15.6 Å². The fourth-order valence-corrected chi connectivity index (χ4v) is 5.54. The second kappa shape index (κ2) is 6.40. The predicted octanol–water partition coefficient (Wildman–Crippen LogP) is 3.14. The summed E-state index contributed by atoms with van der Waals surface area (Å²) in [6, 6.07) is 5.00. The van der Waals surface area contributed by atoms with E-state index in [9.17, 15) is 19.1 Å². The van der Waals surface area contributed by atoms with Gasteiger partial charge in [-0.1, -0.05) is 12.5 Å². The molecule has 1 saturated heterocycles. The first-order chi connectivity index (χ1) is 13.9. The summed E-state index contributed by atoms with van der Waals surface area (Å²) >= 11 is 0. The molecule has 5 rings (SSSR count). The number of hydrogen-bond donors (Lipinski definition) is 1. The van der Waals surface area contributed by atoms with Gasteiger partial charge in [-0.05, 0) is 62.6 Å². The highest BCUT2D eigenvalue weighted by molar-refractivity contribution is 5.95. The van der Waals surface area contributed by atoms with Gasteiger partial charge in [0.15, 0.2) is 5.69 Å². The lowest BCUT2D eigenvalue weighted by Crippen LogP contribution is -2.37. The molecule has 7 heteroatoms. The molecule has 1 N–H and O–H groups in total. The number of amides is 1. The number of halogens is 1. The summed E-state index contributed by atoms with van der Waals surface area (Å²) in [6.45, 7) is 2.54. The molecule has 1 aromatic heterocycles. The van der Waals surface area contributed by atoms with Crippen molar-refractivity contribution in [1.29, 1.82) is 0 Å². The molecule has 1 saturated carbocycles. The Hall–Kier alpha value is -2.70. The zero-order valence-electron chi connectivity index (χ0n) is 16.4. The third-order valence-corrected chi connectivity index (χ3v) is 7.05. The molecule has 29 heavy (non-hydrogen) atoms. The quantitative estimate of drug-likeness (QED) is 0.863. The smallest absolute Gasteiger partial charge is 0.311 e. The van der Waals surface area contributed by atoms with Gasteiger partial charge in [-0.3, -0.25) is 9.59 Å². The van der Waals surface area contributed by atoms with Crippen molar-refractivity contribution in [2.45, 2.75) is 45.4 Å². The largest absolute Gasteiger partial charge is 0.481 e. The standard InChI is InChI=1S/C22H24FN3O3/c1-13-7-8-18(16(23)10-13)26-17-6-2-5-15(17)19(24-26)20(27)25-11-14-4-3-9-22(14,12-25)21(28)29/h7-8,10,14H,2-6,9,11-12H2,1H3,(H,28,29)/t14-,22+/m0/s1. The van der Waals surface area contributed by atoms with Crippen LogP contribution in [0.2, 0.25) is 0 Å². The van der Waals surface area contributed by atoms with E-state index < -0.39 is 11.4 Å². The topological polar surface area (TPSA) is 75.4 Å². The van der Waals surface area contributed by atoms with Crippen LogP contribution < -0.4 is 0 Å². The van der Waals surface area contributed by atoms with Crippen molar-refractivity contribution in [3.63, 3.8) is 0 Å². The molecule has 1 aromatic carbocycles. The number of benzene rings is 1. The van der Waals surface area contributed by atoms with Crippen LogP contribution in [0.1, 0.15) is 53.0 Å². The Morgan fingerprint density at radius 3 is 2.83 bits per heavy atom. The van der Waals surface area contributed by atoms with Crippen LogP contribution in [0.3, 0.4) is 0 Å². The summed E-state index contributed by atoms with van der Waals surface area (Å²) in [5, 5.41) is 14.3. The highest BCUT2D eigenvalue weighted by atomic mass is 19.1. The van der Waals surface area contributed by atoms with Gasteiger partial charge >= 0.3 is 5.97 Å². The molecule has 0 spiro atoms. The fourth-order valence-electron chi connectivity index (χ4n) is 5.54.